The van der Waals surface area contributed by atoms with Crippen LogP contribution >= 0.6 is 11.6 Å². The van der Waals surface area contributed by atoms with E-state index in [9.17, 15) is 4.79 Å². The summed E-state index contributed by atoms with van der Waals surface area (Å²) in [7, 11) is 0. The number of benzene rings is 1. The average Bonchev–Trinajstić information content (AvgIpc) is 2.70. The Kier molecular flexibility index (Phi) is 3.67. The van der Waals surface area contributed by atoms with Crippen molar-refractivity contribution < 1.29 is 9.53 Å². The third-order valence-corrected chi connectivity index (χ3v) is 2.84. The Morgan fingerprint density at radius 3 is 3.12 bits per heavy atom. The number of fused-ring (bicyclic) bond motifs is 1. The molecule has 0 saturated heterocycles. The maximum Gasteiger partial charge on any atom is 0.220 e. The van der Waals surface area contributed by atoms with Gasteiger partial charge in [0.1, 0.15) is 12.4 Å². The van der Waals surface area contributed by atoms with Crippen molar-refractivity contribution in [3.8, 4) is 5.75 Å². The molecule has 1 aliphatic rings. The van der Waals surface area contributed by atoms with Gasteiger partial charge in [-0.3, -0.25) is 4.79 Å². The van der Waals surface area contributed by atoms with Crippen LogP contribution in [0.2, 0.25) is 0 Å². The van der Waals surface area contributed by atoms with Crippen LogP contribution in [0.25, 0.3) is 0 Å². The molecule has 0 bridgehead atoms. The van der Waals surface area contributed by atoms with Crippen LogP contribution in [-0.2, 0) is 4.79 Å². The molecule has 1 atom stereocenters. The van der Waals surface area contributed by atoms with Gasteiger partial charge >= 0.3 is 0 Å². The zero-order valence-electron chi connectivity index (χ0n) is 8.91. The van der Waals surface area contributed by atoms with E-state index >= 15 is 0 Å². The van der Waals surface area contributed by atoms with Crippen LogP contribution in [0.4, 0.5) is 0 Å². The molecule has 0 saturated carbocycles. The normalized spacial score (nSPS) is 17.7. The molecule has 1 unspecified atom stereocenters. The van der Waals surface area contributed by atoms with Crippen molar-refractivity contribution in [2.75, 3.05) is 12.5 Å². The van der Waals surface area contributed by atoms with E-state index in [-0.39, 0.29) is 11.9 Å². The SMILES string of the molecule is O=C(CCCCl)NC1COc2ccccc21. The average molecular weight is 240 g/mol. The monoisotopic (exact) mass is 239 g/mol. The molecule has 2 rings (SSSR count). The summed E-state index contributed by atoms with van der Waals surface area (Å²) >= 11 is 5.54. The molecule has 1 heterocycles. The highest BCUT2D eigenvalue weighted by molar-refractivity contribution is 6.17. The third-order valence-electron chi connectivity index (χ3n) is 2.57. The summed E-state index contributed by atoms with van der Waals surface area (Å²) in [6, 6.07) is 7.76. The minimum absolute atomic E-state index is 0.0148. The molecular formula is C12H14ClNO2. The van der Waals surface area contributed by atoms with E-state index in [1.807, 2.05) is 24.3 Å². The van der Waals surface area contributed by atoms with Gasteiger partial charge in [-0.15, -0.1) is 11.6 Å². The molecule has 0 spiro atoms. The maximum atomic E-state index is 11.5. The Hall–Kier alpha value is -1.22. The minimum Gasteiger partial charge on any atom is -0.491 e. The fraction of sp³-hybridized carbons (Fsp3) is 0.417. The first-order valence-electron chi connectivity index (χ1n) is 5.38. The Morgan fingerprint density at radius 1 is 1.50 bits per heavy atom. The molecule has 86 valence electrons. The van der Waals surface area contributed by atoms with Crippen LogP contribution < -0.4 is 10.1 Å². The second-order valence-corrected chi connectivity index (χ2v) is 4.14. The predicted octanol–water partition coefficient (Wildman–Crippen LogP) is 2.26. The van der Waals surface area contributed by atoms with Gasteiger partial charge in [-0.05, 0) is 12.5 Å². The van der Waals surface area contributed by atoms with Crippen LogP contribution in [0.15, 0.2) is 24.3 Å². The summed E-state index contributed by atoms with van der Waals surface area (Å²) in [4.78, 5) is 11.5. The fourth-order valence-electron chi connectivity index (χ4n) is 1.78. The Labute approximate surface area is 99.7 Å². The van der Waals surface area contributed by atoms with Gasteiger partial charge in [0, 0.05) is 17.9 Å². The lowest BCUT2D eigenvalue weighted by Gasteiger charge is -2.11. The Balaban J connectivity index is 1.95. The van der Waals surface area contributed by atoms with E-state index in [2.05, 4.69) is 5.32 Å². The molecule has 1 amide bonds. The number of rotatable bonds is 4. The number of carbonyl (C=O) groups is 1. The van der Waals surface area contributed by atoms with Crippen molar-refractivity contribution in [1.29, 1.82) is 0 Å². The zero-order chi connectivity index (χ0) is 11.4. The first-order chi connectivity index (χ1) is 7.81. The van der Waals surface area contributed by atoms with Crippen molar-refractivity contribution in [3.63, 3.8) is 0 Å². The van der Waals surface area contributed by atoms with Crippen LogP contribution in [0.5, 0.6) is 5.75 Å². The number of para-hydroxylation sites is 1. The number of nitrogens with one attached hydrogen (secondary N) is 1. The third kappa shape index (κ3) is 2.47. The van der Waals surface area contributed by atoms with Crippen LogP contribution in [0, 0.1) is 0 Å². The number of carbonyl (C=O) groups excluding carboxylic acids is 1. The molecule has 0 aromatic heterocycles. The van der Waals surface area contributed by atoms with Gasteiger partial charge in [0.15, 0.2) is 0 Å². The summed E-state index contributed by atoms with van der Waals surface area (Å²) < 4.78 is 5.48. The number of halogens is 1. The first kappa shape index (κ1) is 11.3. The van der Waals surface area contributed by atoms with E-state index in [0.717, 1.165) is 11.3 Å². The smallest absolute Gasteiger partial charge is 0.220 e. The van der Waals surface area contributed by atoms with Gasteiger partial charge < -0.3 is 10.1 Å². The van der Waals surface area contributed by atoms with Crippen LogP contribution in [0.3, 0.4) is 0 Å². The molecule has 1 aliphatic heterocycles. The van der Waals surface area contributed by atoms with Crippen molar-refractivity contribution in [1.82, 2.24) is 5.32 Å². The largest absolute Gasteiger partial charge is 0.491 e. The Bertz CT molecular complexity index is 381. The molecule has 0 aliphatic carbocycles. The topological polar surface area (TPSA) is 38.3 Å². The second kappa shape index (κ2) is 5.21. The van der Waals surface area contributed by atoms with Gasteiger partial charge in [-0.25, -0.2) is 0 Å². The van der Waals surface area contributed by atoms with Crippen molar-refractivity contribution >= 4 is 17.5 Å². The molecule has 16 heavy (non-hydrogen) atoms. The summed E-state index contributed by atoms with van der Waals surface area (Å²) in [6.07, 6.45) is 1.19. The van der Waals surface area contributed by atoms with Crippen molar-refractivity contribution in [3.05, 3.63) is 29.8 Å². The van der Waals surface area contributed by atoms with Gasteiger partial charge in [-0.1, -0.05) is 18.2 Å². The molecule has 4 heteroatoms. The number of hydrogen-bond donors (Lipinski definition) is 1. The highest BCUT2D eigenvalue weighted by Crippen LogP contribution is 2.31. The molecule has 0 radical (unpaired) electrons. The van der Waals surface area contributed by atoms with Gasteiger partial charge in [0.05, 0.1) is 6.04 Å². The molecular weight excluding hydrogens is 226 g/mol. The molecule has 1 N–H and O–H groups in total. The summed E-state index contributed by atoms with van der Waals surface area (Å²) in [5.41, 5.74) is 1.06. The maximum absolute atomic E-state index is 11.5. The molecule has 0 fully saturated rings. The van der Waals surface area contributed by atoms with Gasteiger partial charge in [0.25, 0.3) is 0 Å². The lowest BCUT2D eigenvalue weighted by molar-refractivity contribution is -0.121. The number of amides is 1. The Morgan fingerprint density at radius 2 is 2.31 bits per heavy atom. The quantitative estimate of drug-likeness (QED) is 0.819. The van der Waals surface area contributed by atoms with E-state index in [0.29, 0.717) is 25.3 Å². The molecule has 3 nitrogen and oxygen atoms in total. The van der Waals surface area contributed by atoms with E-state index in [1.165, 1.54) is 0 Å². The van der Waals surface area contributed by atoms with Gasteiger partial charge in [0.2, 0.25) is 5.91 Å². The summed E-state index contributed by atoms with van der Waals surface area (Å²) in [5.74, 6) is 1.42. The first-order valence-corrected chi connectivity index (χ1v) is 5.92. The zero-order valence-corrected chi connectivity index (χ0v) is 9.67. The number of ether oxygens (including phenoxy) is 1. The lowest BCUT2D eigenvalue weighted by atomic mass is 10.1. The van der Waals surface area contributed by atoms with Gasteiger partial charge in [-0.2, -0.15) is 0 Å². The van der Waals surface area contributed by atoms with E-state index < -0.39 is 0 Å². The van der Waals surface area contributed by atoms with E-state index in [4.69, 9.17) is 16.3 Å². The molecule has 1 aromatic rings. The summed E-state index contributed by atoms with van der Waals surface area (Å²) in [5, 5.41) is 2.95. The van der Waals surface area contributed by atoms with Crippen LogP contribution in [0.1, 0.15) is 24.4 Å². The highest BCUT2D eigenvalue weighted by atomic mass is 35.5. The van der Waals surface area contributed by atoms with Crippen molar-refractivity contribution in [2.24, 2.45) is 0 Å². The number of alkyl halides is 1. The number of hydrogen-bond acceptors (Lipinski definition) is 2. The van der Waals surface area contributed by atoms with Crippen LogP contribution in [-0.4, -0.2) is 18.4 Å². The highest BCUT2D eigenvalue weighted by Gasteiger charge is 2.24. The fourth-order valence-corrected chi connectivity index (χ4v) is 1.91. The molecule has 1 aromatic carbocycles. The predicted molar refractivity (Wildman–Crippen MR) is 62.8 cm³/mol. The standard InChI is InChI=1S/C12H14ClNO2/c13-7-3-6-12(15)14-10-8-16-11-5-2-1-4-9(10)11/h1-2,4-5,10H,3,6-8H2,(H,14,15). The lowest BCUT2D eigenvalue weighted by Crippen LogP contribution is -2.29. The van der Waals surface area contributed by atoms with Crippen molar-refractivity contribution in [2.45, 2.75) is 18.9 Å². The van der Waals surface area contributed by atoms with E-state index in [1.54, 1.807) is 0 Å². The minimum atomic E-state index is -0.0148. The summed E-state index contributed by atoms with van der Waals surface area (Å²) in [6.45, 7) is 0.520. The second-order valence-electron chi connectivity index (χ2n) is 3.76.